The summed E-state index contributed by atoms with van der Waals surface area (Å²) in [7, 11) is 0. The third kappa shape index (κ3) is 3.46. The topological polar surface area (TPSA) is 64.3 Å². The molecule has 0 aromatic rings. The summed E-state index contributed by atoms with van der Waals surface area (Å²) < 4.78 is 5.44. The van der Waals surface area contributed by atoms with Crippen molar-refractivity contribution in [1.82, 2.24) is 5.32 Å². The smallest absolute Gasteiger partial charge is 0.223 e. The summed E-state index contributed by atoms with van der Waals surface area (Å²) in [4.78, 5) is 11.8. The van der Waals surface area contributed by atoms with Gasteiger partial charge in [0.05, 0.1) is 18.1 Å². The highest BCUT2D eigenvalue weighted by atomic mass is 16.5. The van der Waals surface area contributed by atoms with E-state index in [1.165, 1.54) is 0 Å². The quantitative estimate of drug-likeness (QED) is 0.739. The molecule has 1 aliphatic heterocycles. The molecule has 0 radical (unpaired) electrons. The van der Waals surface area contributed by atoms with Crippen molar-refractivity contribution in [3.05, 3.63) is 0 Å². The van der Waals surface area contributed by atoms with Crippen molar-refractivity contribution in [2.24, 2.45) is 11.7 Å². The molecule has 16 heavy (non-hydrogen) atoms. The Morgan fingerprint density at radius 1 is 1.62 bits per heavy atom. The molecule has 94 valence electrons. The van der Waals surface area contributed by atoms with Gasteiger partial charge in [-0.05, 0) is 25.7 Å². The number of carbonyl (C=O) groups is 1. The van der Waals surface area contributed by atoms with Gasteiger partial charge < -0.3 is 15.8 Å². The molecule has 3 N–H and O–H groups in total. The highest BCUT2D eigenvalue weighted by Gasteiger charge is 2.29. The van der Waals surface area contributed by atoms with Gasteiger partial charge >= 0.3 is 0 Å². The average Bonchev–Trinajstić information content (AvgIpc) is 2.69. The Kier molecular flexibility index (Phi) is 4.74. The first-order chi connectivity index (χ1) is 7.48. The number of nitrogens with two attached hydrogens (primary N) is 1. The minimum Gasteiger partial charge on any atom is -0.378 e. The van der Waals surface area contributed by atoms with Crippen molar-refractivity contribution in [3.8, 4) is 0 Å². The molecule has 1 rings (SSSR count). The third-order valence-electron chi connectivity index (χ3n) is 3.56. The Bertz CT molecular complexity index is 237. The fourth-order valence-corrected chi connectivity index (χ4v) is 1.81. The van der Waals surface area contributed by atoms with Gasteiger partial charge in [-0.1, -0.05) is 13.8 Å². The van der Waals surface area contributed by atoms with E-state index in [9.17, 15) is 4.79 Å². The van der Waals surface area contributed by atoms with Gasteiger partial charge in [-0.2, -0.15) is 0 Å². The molecule has 1 heterocycles. The summed E-state index contributed by atoms with van der Waals surface area (Å²) in [5.74, 6) is 0.375. The Morgan fingerprint density at radius 2 is 2.31 bits per heavy atom. The largest absolute Gasteiger partial charge is 0.378 e. The van der Waals surface area contributed by atoms with Crippen LogP contribution in [-0.4, -0.2) is 30.7 Å². The number of carbonyl (C=O) groups excluding carboxylic acids is 1. The molecule has 1 saturated heterocycles. The van der Waals surface area contributed by atoms with E-state index >= 15 is 0 Å². The van der Waals surface area contributed by atoms with Crippen LogP contribution in [0.2, 0.25) is 0 Å². The van der Waals surface area contributed by atoms with Crippen LogP contribution in [-0.2, 0) is 9.53 Å². The van der Waals surface area contributed by atoms with Crippen molar-refractivity contribution >= 4 is 5.91 Å². The molecule has 0 spiro atoms. The summed E-state index contributed by atoms with van der Waals surface area (Å²) in [6.07, 6.45) is 2.63. The Balaban J connectivity index is 2.42. The van der Waals surface area contributed by atoms with E-state index in [2.05, 4.69) is 19.2 Å². The molecular formula is C12H24N2O2. The Hall–Kier alpha value is -0.610. The van der Waals surface area contributed by atoms with Crippen LogP contribution >= 0.6 is 0 Å². The maximum absolute atomic E-state index is 11.8. The maximum Gasteiger partial charge on any atom is 0.223 e. The van der Waals surface area contributed by atoms with Crippen LogP contribution in [0.4, 0.5) is 0 Å². The molecule has 1 fully saturated rings. The predicted octanol–water partition coefficient (Wildman–Crippen LogP) is 1.05. The van der Waals surface area contributed by atoms with Crippen molar-refractivity contribution in [2.75, 3.05) is 13.2 Å². The second-order valence-electron chi connectivity index (χ2n) is 5.16. The number of hydrogen-bond donors (Lipinski definition) is 2. The molecule has 2 atom stereocenters. The first-order valence-electron chi connectivity index (χ1n) is 6.10. The van der Waals surface area contributed by atoms with Crippen molar-refractivity contribution in [1.29, 1.82) is 0 Å². The zero-order chi connectivity index (χ0) is 12.2. The first-order valence-corrected chi connectivity index (χ1v) is 6.10. The summed E-state index contributed by atoms with van der Waals surface area (Å²) in [6.45, 7) is 7.38. The normalized spacial score (nSPS) is 24.4. The van der Waals surface area contributed by atoms with Gasteiger partial charge in [0.15, 0.2) is 0 Å². The second-order valence-corrected chi connectivity index (χ2v) is 5.16. The van der Waals surface area contributed by atoms with Gasteiger partial charge in [-0.15, -0.1) is 0 Å². The molecule has 0 saturated carbocycles. The lowest BCUT2D eigenvalue weighted by atomic mass is 9.88. The molecule has 0 bridgehead atoms. The molecule has 4 heteroatoms. The lowest BCUT2D eigenvalue weighted by molar-refractivity contribution is -0.125. The summed E-state index contributed by atoms with van der Waals surface area (Å²) in [5, 5.41) is 3.03. The molecule has 1 amide bonds. The number of rotatable bonds is 5. The highest BCUT2D eigenvalue weighted by molar-refractivity contribution is 5.77. The van der Waals surface area contributed by atoms with E-state index in [1.807, 2.05) is 6.92 Å². The SMILES string of the molecule is CC(C)C(C)(CN)NC(=O)CC1CCCO1. The Labute approximate surface area is 97.9 Å². The van der Waals surface area contributed by atoms with Crippen LogP contribution in [0.5, 0.6) is 0 Å². The molecule has 4 nitrogen and oxygen atoms in total. The lowest BCUT2D eigenvalue weighted by Crippen LogP contribution is -2.55. The summed E-state index contributed by atoms with van der Waals surface area (Å²) >= 11 is 0. The van der Waals surface area contributed by atoms with Crippen LogP contribution in [0.1, 0.15) is 40.0 Å². The maximum atomic E-state index is 11.8. The number of hydrogen-bond acceptors (Lipinski definition) is 3. The van der Waals surface area contributed by atoms with Gasteiger partial charge in [0.1, 0.15) is 0 Å². The second kappa shape index (κ2) is 5.64. The van der Waals surface area contributed by atoms with Gasteiger partial charge in [0.25, 0.3) is 0 Å². The first kappa shape index (κ1) is 13.5. The van der Waals surface area contributed by atoms with Crippen LogP contribution in [0.25, 0.3) is 0 Å². The summed E-state index contributed by atoms with van der Waals surface area (Å²) in [6, 6.07) is 0. The number of nitrogens with one attached hydrogen (secondary N) is 1. The van der Waals surface area contributed by atoms with E-state index in [1.54, 1.807) is 0 Å². The van der Waals surface area contributed by atoms with E-state index in [-0.39, 0.29) is 17.6 Å². The molecule has 0 aliphatic carbocycles. The molecule has 2 unspecified atom stereocenters. The van der Waals surface area contributed by atoms with Crippen LogP contribution in [0.3, 0.4) is 0 Å². The number of ether oxygens (including phenoxy) is 1. The standard InChI is InChI=1S/C12H24N2O2/c1-9(2)12(3,8-13)14-11(15)7-10-5-4-6-16-10/h9-10H,4-8,13H2,1-3H3,(H,14,15). The number of amides is 1. The predicted molar refractivity (Wildman–Crippen MR) is 64.0 cm³/mol. The molecule has 1 aliphatic rings. The van der Waals surface area contributed by atoms with E-state index in [0.29, 0.717) is 18.9 Å². The van der Waals surface area contributed by atoms with Crippen molar-refractivity contribution in [2.45, 2.75) is 51.7 Å². The van der Waals surface area contributed by atoms with E-state index in [4.69, 9.17) is 10.5 Å². The van der Waals surface area contributed by atoms with Gasteiger partial charge in [0, 0.05) is 13.2 Å². The fraction of sp³-hybridized carbons (Fsp3) is 0.917. The van der Waals surface area contributed by atoms with Crippen LogP contribution in [0, 0.1) is 5.92 Å². The van der Waals surface area contributed by atoms with Crippen molar-refractivity contribution < 1.29 is 9.53 Å². The highest BCUT2D eigenvalue weighted by Crippen LogP contribution is 2.18. The monoisotopic (exact) mass is 228 g/mol. The van der Waals surface area contributed by atoms with Gasteiger partial charge in [-0.25, -0.2) is 0 Å². The van der Waals surface area contributed by atoms with Crippen molar-refractivity contribution in [3.63, 3.8) is 0 Å². The third-order valence-corrected chi connectivity index (χ3v) is 3.56. The minimum absolute atomic E-state index is 0.0496. The van der Waals surface area contributed by atoms with Gasteiger partial charge in [0.2, 0.25) is 5.91 Å². The van der Waals surface area contributed by atoms with Crippen LogP contribution in [0.15, 0.2) is 0 Å². The zero-order valence-electron chi connectivity index (χ0n) is 10.6. The summed E-state index contributed by atoms with van der Waals surface area (Å²) in [5.41, 5.74) is 5.41. The minimum atomic E-state index is -0.310. The zero-order valence-corrected chi connectivity index (χ0v) is 10.6. The molecule has 0 aromatic heterocycles. The average molecular weight is 228 g/mol. The molecular weight excluding hydrogens is 204 g/mol. The van der Waals surface area contributed by atoms with Crippen LogP contribution < -0.4 is 11.1 Å². The fourth-order valence-electron chi connectivity index (χ4n) is 1.81. The van der Waals surface area contributed by atoms with E-state index < -0.39 is 0 Å². The molecule has 0 aromatic carbocycles. The van der Waals surface area contributed by atoms with Gasteiger partial charge in [-0.3, -0.25) is 4.79 Å². The Morgan fingerprint density at radius 3 is 2.75 bits per heavy atom. The van der Waals surface area contributed by atoms with E-state index in [0.717, 1.165) is 19.4 Å². The lowest BCUT2D eigenvalue weighted by Gasteiger charge is -2.33.